The lowest BCUT2D eigenvalue weighted by Crippen LogP contribution is -2.37. The van der Waals surface area contributed by atoms with Gasteiger partial charge in [0.1, 0.15) is 102 Å². The minimum atomic E-state index is -5.09. The molecule has 0 radical (unpaired) electrons. The monoisotopic (exact) mass is 2000 g/mol. The summed E-state index contributed by atoms with van der Waals surface area (Å²) in [6.07, 6.45) is -26.6. The summed E-state index contributed by atoms with van der Waals surface area (Å²) in [6.45, 7) is -1.95. The highest BCUT2D eigenvalue weighted by atomic mass is 31.2. The maximum atomic E-state index is 15.9. The van der Waals surface area contributed by atoms with E-state index in [0.717, 1.165) is 12.7 Å². The third-order valence-electron chi connectivity index (χ3n) is 22.5. The predicted molar refractivity (Wildman–Crippen MR) is 437 cm³/mol. The second-order valence-electron chi connectivity index (χ2n) is 31.2. The van der Waals surface area contributed by atoms with Gasteiger partial charge in [0.2, 0.25) is 5.95 Å². The molecule has 12 unspecified atom stereocenters. The number of fused-ring (bicyclic) bond motifs is 15. The van der Waals surface area contributed by atoms with Crippen LogP contribution >= 0.6 is 46.0 Å². The standard InChI is InChI=1S/C22H26FN9O11P2.C22H27N9O12P2.C21H24FN9O11P2/c23-12-16-11(41-21(12)31-6-29-13-9(24)1-2-26-19(13)31)4-39-45(36,37)43-17-15(33)10(3-38-8-44(34,35)42-16)40-22(17)32-7-30-14-18(25)27-5-28-20(14)32;23-9-1-2-25-17-11(9)26-6-31(17)20-14(33)16-21(41-20)39-7-44(35,36)42-15-10(3-8(13(15)32)4-40-45(37,38)43-16)30-5-27-12-18(30)28-22(24)29-19(12)34;22-9-13-21(39-18(9)30-4-28-10-8(23)1-2-25-16(10)30)38-7-44(35,36)42-14-12(32)20(37-6-43(33,34)41-13)40-19(14)31-5-29-11-15(24)26-3-27-17(11)31/h1-2,5-7,10-12,15-17,21-22,33H,3-4,8H2,(H2,24,26)(H,34,35)(H,36,37)(H2,25,27,28);1-2,5-6,8,10,13-16,20-21,32-33H,3-4,7H2,(H2,23,25)(H,35,36)(H,37,38)(H3,24,28,29,34);1-5,9,12-14,18-21,32H,6-7H2,(H2,23,25)(H,33,34)(H,35,36)(H2,24,26,27)/t10-,11-,12?,15+,16+,17?,21-,22-;8-,10-,13+,14?,15?,16-,20-,21+;9?,12-,13-,14?,18-,19-,20+,21+/m111/s1. The van der Waals surface area contributed by atoms with Crippen LogP contribution in [-0.4, -0.2) is 302 Å². The zero-order valence-electron chi connectivity index (χ0n) is 67.7. The number of nitrogens with one attached hydrogen (secondary N) is 1. The molecule has 12 aromatic rings. The van der Waals surface area contributed by atoms with Crippen molar-refractivity contribution in [1.82, 2.24) is 102 Å². The van der Waals surface area contributed by atoms with Crippen molar-refractivity contribution in [1.29, 1.82) is 0 Å². The molecule has 0 spiro atoms. The van der Waals surface area contributed by atoms with E-state index in [9.17, 15) is 82.0 Å². The summed E-state index contributed by atoms with van der Waals surface area (Å²) in [6, 6.07) is 3.53. The van der Waals surface area contributed by atoms with Crippen LogP contribution in [0, 0.1) is 5.92 Å². The number of aliphatic hydroxyl groups is 4. The highest BCUT2D eigenvalue weighted by Gasteiger charge is 2.59. The van der Waals surface area contributed by atoms with E-state index in [-0.39, 0.29) is 103 Å². The number of ether oxygens (including phenoxy) is 9. The van der Waals surface area contributed by atoms with E-state index in [1.54, 1.807) is 0 Å². The second-order valence-corrected chi connectivity index (χ2v) is 41.0. The Balaban J connectivity index is 0.000000129. The molecular formula is C65H77F2N27O34P6. The smallest absolute Gasteiger partial charge is 0.397 e. The van der Waals surface area contributed by atoms with Gasteiger partial charge in [-0.1, -0.05) is 0 Å². The lowest BCUT2D eigenvalue weighted by Gasteiger charge is -2.27. The normalized spacial score (nSPS) is 38.0. The summed E-state index contributed by atoms with van der Waals surface area (Å²) in [5.41, 5.74) is 37.2. The summed E-state index contributed by atoms with van der Waals surface area (Å²) in [7, 11) is -29.2. The van der Waals surface area contributed by atoms with Crippen molar-refractivity contribution < 1.29 is 165 Å². The number of pyridine rings is 3. The summed E-state index contributed by atoms with van der Waals surface area (Å²) in [5.74, 6) is -1.11. The molecular weight excluding hydrogens is 1930 g/mol. The number of rotatable bonds is 6. The topological polar surface area (TPSA) is 861 Å². The van der Waals surface area contributed by atoms with E-state index in [2.05, 4.69) is 74.8 Å². The van der Waals surface area contributed by atoms with Crippen LogP contribution in [0.3, 0.4) is 0 Å². The van der Waals surface area contributed by atoms with E-state index < -0.39 is 244 Å². The molecule has 61 nitrogen and oxygen atoms in total. The Morgan fingerprint density at radius 3 is 1.36 bits per heavy atom. The van der Waals surface area contributed by atoms with Gasteiger partial charge < -0.3 is 131 Å². The van der Waals surface area contributed by atoms with Crippen LogP contribution < -0.4 is 40.0 Å². The van der Waals surface area contributed by atoms with Gasteiger partial charge in [0.25, 0.3) is 5.56 Å². The number of nitrogen functional groups attached to an aromatic ring is 6. The number of phosphoric acid groups is 2. The van der Waals surface area contributed by atoms with Crippen molar-refractivity contribution in [3.63, 3.8) is 0 Å². The average Bonchev–Trinajstić information content (AvgIpc) is 1.62. The van der Waals surface area contributed by atoms with Crippen LogP contribution in [0.25, 0.3) is 67.0 Å². The van der Waals surface area contributed by atoms with Gasteiger partial charge in [0.05, 0.1) is 87.0 Å². The van der Waals surface area contributed by atoms with Gasteiger partial charge in [-0.15, -0.1) is 0 Å². The van der Waals surface area contributed by atoms with Gasteiger partial charge in [0.15, 0.2) is 145 Å². The molecule has 23 N–H and O–H groups in total. The molecule has 8 aliphatic heterocycles. The zero-order chi connectivity index (χ0) is 94.5. The third-order valence-corrected chi connectivity index (χ3v) is 28.7. The number of imidazole rings is 6. The number of aromatic amines is 1. The fourth-order valence-corrected chi connectivity index (χ4v) is 22.4. The number of nitrogens with zero attached hydrogens (tertiary/aromatic N) is 20. The van der Waals surface area contributed by atoms with Gasteiger partial charge >= 0.3 is 46.0 Å². The SMILES string of the molecule is Nc1nc2c(ncn2[C@@H]2C[C@@H]3COP(=O)(O)O[C@@H]4C(O)[C@H](n5cnc6c(N)ccnc65)O[C@@H]4OCP(=O)(O)OC2[C@H]3O)c(=O)[nH]1.Nc1ncnc2c1ncn2[C@@H]1O[C@@H]2COCP(=O)(O)O[C@@H]3C(F)[C@H](n4cnc5c(N)ccnc54)O[C@@H]3COP(=O)(O)OC1[C@H]2O.Nc1ncnc2c1ncn2[C@@H]1O[C@@H]2OCP(=O)(O)O[C@@H]3C(F)[C@H](n4cnc5c(N)ccnc54)O[C@@H]3OCP(=O)(O)OC1[C@H]2O. The number of H-pyrrole nitrogens is 1. The second kappa shape index (κ2) is 35.7. The molecule has 134 heavy (non-hydrogen) atoms. The molecule has 1 aliphatic carbocycles. The molecule has 6 bridgehead atoms. The molecule has 12 aromatic heterocycles. The van der Waals surface area contributed by atoms with Crippen LogP contribution in [-0.2, 0) is 106 Å². The molecule has 9 fully saturated rings. The number of aliphatic hydroxyl groups excluding tert-OH is 4. The number of nitrogens with two attached hydrogens (primary N) is 6. The van der Waals surface area contributed by atoms with Crippen LogP contribution in [0.5, 0.6) is 0 Å². The number of anilines is 6. The van der Waals surface area contributed by atoms with Gasteiger partial charge in [0, 0.05) is 24.5 Å². The fourth-order valence-electron chi connectivity index (χ4n) is 16.4. The first-order chi connectivity index (χ1) is 63.7. The number of alkyl halides is 2. The number of hydrogen-bond acceptors (Lipinski definition) is 48. The largest absolute Gasteiger partial charge is 0.472 e. The lowest BCUT2D eigenvalue weighted by molar-refractivity contribution is -0.174. The van der Waals surface area contributed by atoms with Crippen LogP contribution in [0.2, 0.25) is 0 Å². The fraction of sp³-hybridized carbons (Fsp3) is 0.492. The molecule has 30 atom stereocenters. The molecule has 69 heteroatoms. The van der Waals surface area contributed by atoms with Crippen LogP contribution in [0.4, 0.5) is 43.4 Å². The van der Waals surface area contributed by atoms with E-state index in [0.29, 0.717) is 5.52 Å². The van der Waals surface area contributed by atoms with Gasteiger partial charge in [-0.2, -0.15) is 4.98 Å². The van der Waals surface area contributed by atoms with Crippen molar-refractivity contribution in [3.05, 3.63) is 97.8 Å². The minimum absolute atomic E-state index is 0.00965. The summed E-state index contributed by atoms with van der Waals surface area (Å²) in [5, 5.41) is 44.3. The van der Waals surface area contributed by atoms with E-state index in [1.807, 2.05) is 0 Å². The molecule has 8 saturated heterocycles. The molecule has 20 heterocycles. The maximum Gasteiger partial charge on any atom is 0.472 e. The highest BCUT2D eigenvalue weighted by Crippen LogP contribution is 2.59. The third kappa shape index (κ3) is 17.9. The van der Waals surface area contributed by atoms with Crippen molar-refractivity contribution in [2.45, 2.75) is 148 Å². The first-order valence-electron chi connectivity index (χ1n) is 39.5. The Labute approximate surface area is 743 Å². The lowest BCUT2D eigenvalue weighted by atomic mass is 10.1. The number of aromatic nitrogens is 21. The molecule has 9 aliphatic rings. The molecule has 0 aromatic carbocycles. The van der Waals surface area contributed by atoms with Crippen molar-refractivity contribution in [2.75, 3.05) is 79.6 Å². The number of halogens is 2. The minimum Gasteiger partial charge on any atom is -0.397 e. The molecule has 0 amide bonds. The number of hydrogen-bond donors (Lipinski definition) is 17. The van der Waals surface area contributed by atoms with Gasteiger partial charge in [-0.05, 0) is 24.6 Å². The Morgan fingerprint density at radius 2 is 0.791 bits per heavy atom. The van der Waals surface area contributed by atoms with Crippen LogP contribution in [0.15, 0.2) is 92.2 Å². The Bertz CT molecular complexity index is 6870. The first-order valence-corrected chi connectivity index (χ1v) is 49.5. The quantitative estimate of drug-likeness (QED) is 0.0875. The van der Waals surface area contributed by atoms with E-state index in [1.165, 1.54) is 102 Å². The van der Waals surface area contributed by atoms with Crippen LogP contribution in [0.1, 0.15) is 43.6 Å². The summed E-state index contributed by atoms with van der Waals surface area (Å²) < 4.78 is 211. The Kier molecular flexibility index (Phi) is 24.8. The van der Waals surface area contributed by atoms with E-state index in [4.69, 9.17) is 113 Å². The predicted octanol–water partition coefficient (Wildman–Crippen LogP) is -1.14. The summed E-state index contributed by atoms with van der Waals surface area (Å²) in [4.78, 5) is 136. The first kappa shape index (κ1) is 93.3. The average molecular weight is 2000 g/mol. The van der Waals surface area contributed by atoms with Gasteiger partial charge in [-0.3, -0.25) is 87.1 Å². The Morgan fingerprint density at radius 1 is 0.381 bits per heavy atom. The van der Waals surface area contributed by atoms with E-state index >= 15 is 8.78 Å². The number of phosphoric ester groups is 2. The molecule has 1 saturated carbocycles. The molecule has 720 valence electrons. The van der Waals surface area contributed by atoms with Crippen molar-refractivity contribution in [3.8, 4) is 0 Å². The van der Waals surface area contributed by atoms with Crippen molar-refractivity contribution >= 4 is 148 Å². The Hall–Kier alpha value is -9.73. The van der Waals surface area contributed by atoms with Gasteiger partial charge in [-0.25, -0.2) is 82.7 Å². The zero-order valence-corrected chi connectivity index (χ0v) is 73.1. The van der Waals surface area contributed by atoms with Crippen molar-refractivity contribution in [2.24, 2.45) is 5.92 Å². The summed E-state index contributed by atoms with van der Waals surface area (Å²) >= 11 is 0. The molecule has 21 rings (SSSR count). The highest BCUT2D eigenvalue weighted by molar-refractivity contribution is 7.53. The maximum absolute atomic E-state index is 15.9.